The van der Waals surface area contributed by atoms with Gasteiger partial charge < -0.3 is 10.1 Å². The van der Waals surface area contributed by atoms with Crippen LogP contribution >= 0.6 is 11.3 Å². The van der Waals surface area contributed by atoms with Crippen molar-refractivity contribution in [3.63, 3.8) is 0 Å². The number of esters is 1. The lowest BCUT2D eigenvalue weighted by molar-refractivity contribution is 0.0522. The average Bonchev–Trinajstić information content (AvgIpc) is 2.93. The van der Waals surface area contributed by atoms with Crippen molar-refractivity contribution in [2.75, 3.05) is 6.61 Å². The third kappa shape index (κ3) is 3.22. The van der Waals surface area contributed by atoms with Gasteiger partial charge in [-0.2, -0.15) is 0 Å². The lowest BCUT2D eigenvalue weighted by Crippen LogP contribution is -2.31. The fraction of sp³-hybridized carbons (Fsp3) is 0.368. The number of benzene rings is 1. The lowest BCUT2D eigenvalue weighted by Gasteiger charge is -2.25. The standard InChI is InChI=1S/C19H21NO3S/c1-3-23-19(22)16-12(2)24-15-11-7-10-14(17(15)16)20-18(21)13-8-5-4-6-9-13/h4-6,8-9,14H,3,7,10-11H2,1-2H3,(H,20,21). The molecule has 1 aromatic heterocycles. The molecule has 24 heavy (non-hydrogen) atoms. The van der Waals surface area contributed by atoms with Gasteiger partial charge in [-0.1, -0.05) is 18.2 Å². The van der Waals surface area contributed by atoms with Crippen molar-refractivity contribution in [3.05, 3.63) is 56.8 Å². The molecule has 1 aliphatic rings. The minimum atomic E-state index is -0.284. The van der Waals surface area contributed by atoms with Crippen LogP contribution in [0.3, 0.4) is 0 Å². The quantitative estimate of drug-likeness (QED) is 0.853. The van der Waals surface area contributed by atoms with E-state index in [9.17, 15) is 9.59 Å². The Balaban J connectivity index is 1.91. The van der Waals surface area contributed by atoms with Gasteiger partial charge in [0.25, 0.3) is 5.91 Å². The summed E-state index contributed by atoms with van der Waals surface area (Å²) >= 11 is 1.65. The molecule has 126 valence electrons. The first-order valence-electron chi connectivity index (χ1n) is 8.27. The van der Waals surface area contributed by atoms with Crippen LogP contribution in [-0.4, -0.2) is 18.5 Å². The maximum Gasteiger partial charge on any atom is 0.339 e. The van der Waals surface area contributed by atoms with Gasteiger partial charge in [0.15, 0.2) is 0 Å². The van der Waals surface area contributed by atoms with Gasteiger partial charge in [0.1, 0.15) is 0 Å². The highest BCUT2D eigenvalue weighted by atomic mass is 32.1. The number of fused-ring (bicyclic) bond motifs is 1. The molecular weight excluding hydrogens is 322 g/mol. The number of nitrogens with one attached hydrogen (secondary N) is 1. The second-order valence-electron chi connectivity index (χ2n) is 5.87. The average molecular weight is 343 g/mol. The third-order valence-electron chi connectivity index (χ3n) is 4.26. The van der Waals surface area contributed by atoms with Crippen LogP contribution in [0, 0.1) is 6.92 Å². The van der Waals surface area contributed by atoms with Crippen molar-refractivity contribution >= 4 is 23.2 Å². The summed E-state index contributed by atoms with van der Waals surface area (Å²) in [6.07, 6.45) is 2.81. The minimum absolute atomic E-state index is 0.105. The van der Waals surface area contributed by atoms with Crippen LogP contribution in [0.15, 0.2) is 30.3 Å². The molecule has 1 unspecified atom stereocenters. The number of amides is 1. The predicted molar refractivity (Wildman–Crippen MR) is 94.6 cm³/mol. The fourth-order valence-electron chi connectivity index (χ4n) is 3.22. The molecule has 0 saturated heterocycles. The van der Waals surface area contributed by atoms with Gasteiger partial charge in [-0.3, -0.25) is 4.79 Å². The van der Waals surface area contributed by atoms with Crippen molar-refractivity contribution in [2.45, 2.75) is 39.2 Å². The second-order valence-corrected chi connectivity index (χ2v) is 7.18. The molecule has 0 saturated carbocycles. The van der Waals surface area contributed by atoms with E-state index in [0.29, 0.717) is 17.7 Å². The molecule has 4 nitrogen and oxygen atoms in total. The number of ether oxygens (including phenoxy) is 1. The van der Waals surface area contributed by atoms with Crippen molar-refractivity contribution < 1.29 is 14.3 Å². The highest BCUT2D eigenvalue weighted by Gasteiger charge is 2.31. The summed E-state index contributed by atoms with van der Waals surface area (Å²) in [5.41, 5.74) is 2.25. The van der Waals surface area contributed by atoms with Crippen LogP contribution in [0.5, 0.6) is 0 Å². The van der Waals surface area contributed by atoms with Crippen LogP contribution in [0.25, 0.3) is 0 Å². The topological polar surface area (TPSA) is 55.4 Å². The van der Waals surface area contributed by atoms with Crippen molar-refractivity contribution in [2.24, 2.45) is 0 Å². The number of hydrogen-bond donors (Lipinski definition) is 1. The summed E-state index contributed by atoms with van der Waals surface area (Å²) in [6, 6.07) is 9.04. The van der Waals surface area contributed by atoms with Gasteiger partial charge >= 0.3 is 5.97 Å². The van der Waals surface area contributed by atoms with E-state index in [2.05, 4.69) is 5.32 Å². The zero-order valence-electron chi connectivity index (χ0n) is 13.9. The molecule has 0 fully saturated rings. The molecule has 2 aromatic rings. The molecule has 0 bridgehead atoms. The zero-order chi connectivity index (χ0) is 17.1. The maximum atomic E-state index is 12.5. The molecule has 1 atom stereocenters. The summed E-state index contributed by atoms with van der Waals surface area (Å²) < 4.78 is 5.23. The first-order chi connectivity index (χ1) is 11.6. The molecular formula is C19H21NO3S. The van der Waals surface area contributed by atoms with E-state index in [-0.39, 0.29) is 17.9 Å². The van der Waals surface area contributed by atoms with Crippen LogP contribution < -0.4 is 5.32 Å². The van der Waals surface area contributed by atoms with E-state index in [1.165, 1.54) is 4.88 Å². The second kappa shape index (κ2) is 7.18. The van der Waals surface area contributed by atoms with Crippen LogP contribution in [0.1, 0.15) is 61.8 Å². The van der Waals surface area contributed by atoms with Gasteiger partial charge in [-0.15, -0.1) is 11.3 Å². The minimum Gasteiger partial charge on any atom is -0.462 e. The zero-order valence-corrected chi connectivity index (χ0v) is 14.7. The van der Waals surface area contributed by atoms with Gasteiger partial charge in [-0.25, -0.2) is 4.79 Å². The summed E-state index contributed by atoms with van der Waals surface area (Å²) in [5.74, 6) is -0.388. The molecule has 1 heterocycles. The highest BCUT2D eigenvalue weighted by molar-refractivity contribution is 7.12. The summed E-state index contributed by atoms with van der Waals surface area (Å²) in [6.45, 7) is 4.11. The molecule has 0 radical (unpaired) electrons. The Labute approximate surface area is 145 Å². The first-order valence-corrected chi connectivity index (χ1v) is 9.08. The highest BCUT2D eigenvalue weighted by Crippen LogP contribution is 2.40. The predicted octanol–water partition coefficient (Wildman–Crippen LogP) is 4.04. The van der Waals surface area contributed by atoms with E-state index < -0.39 is 0 Å². The number of aryl methyl sites for hydroxylation is 2. The van der Waals surface area contributed by atoms with Crippen molar-refractivity contribution in [3.8, 4) is 0 Å². The van der Waals surface area contributed by atoms with Crippen LogP contribution in [0.4, 0.5) is 0 Å². The van der Waals surface area contributed by atoms with E-state index >= 15 is 0 Å². The lowest BCUT2D eigenvalue weighted by atomic mass is 9.90. The monoisotopic (exact) mass is 343 g/mol. The summed E-state index contributed by atoms with van der Waals surface area (Å²) in [4.78, 5) is 27.1. The molecule has 0 aliphatic heterocycles. The van der Waals surface area contributed by atoms with E-state index in [4.69, 9.17) is 4.74 Å². The summed E-state index contributed by atoms with van der Waals surface area (Å²) in [5, 5.41) is 3.10. The van der Waals surface area contributed by atoms with E-state index in [1.54, 1.807) is 30.4 Å². The number of carbonyl (C=O) groups is 2. The Morgan fingerprint density at radius 1 is 1.29 bits per heavy atom. The van der Waals surface area contributed by atoms with E-state index in [0.717, 1.165) is 29.7 Å². The molecule has 1 N–H and O–H groups in total. The fourth-order valence-corrected chi connectivity index (χ4v) is 4.48. The largest absolute Gasteiger partial charge is 0.462 e. The van der Waals surface area contributed by atoms with Gasteiger partial charge in [0.05, 0.1) is 18.2 Å². The molecule has 1 aromatic carbocycles. The first kappa shape index (κ1) is 16.7. The SMILES string of the molecule is CCOC(=O)c1c(C)sc2c1C(NC(=O)c1ccccc1)CCC2. The van der Waals surface area contributed by atoms with Gasteiger partial charge in [-0.05, 0) is 45.2 Å². The van der Waals surface area contributed by atoms with Crippen LogP contribution in [-0.2, 0) is 11.2 Å². The number of hydrogen-bond acceptors (Lipinski definition) is 4. The normalized spacial score (nSPS) is 16.3. The molecule has 5 heteroatoms. The number of rotatable bonds is 4. The number of carbonyl (C=O) groups excluding carboxylic acids is 2. The smallest absolute Gasteiger partial charge is 0.339 e. The van der Waals surface area contributed by atoms with Gasteiger partial charge in [0, 0.05) is 20.9 Å². The Hall–Kier alpha value is -2.14. The Morgan fingerprint density at radius 3 is 2.75 bits per heavy atom. The van der Waals surface area contributed by atoms with Crippen molar-refractivity contribution in [1.82, 2.24) is 5.32 Å². The Bertz CT molecular complexity index is 751. The Kier molecular flexibility index (Phi) is 5.00. The van der Waals surface area contributed by atoms with E-state index in [1.807, 2.05) is 25.1 Å². The maximum absolute atomic E-state index is 12.5. The summed E-state index contributed by atoms with van der Waals surface area (Å²) in [7, 11) is 0. The number of thiophene rings is 1. The molecule has 1 amide bonds. The third-order valence-corrected chi connectivity index (χ3v) is 5.44. The molecule has 3 rings (SSSR count). The molecule has 0 spiro atoms. The van der Waals surface area contributed by atoms with Gasteiger partial charge in [0.2, 0.25) is 0 Å². The van der Waals surface area contributed by atoms with Crippen molar-refractivity contribution in [1.29, 1.82) is 0 Å². The van der Waals surface area contributed by atoms with Crippen LogP contribution in [0.2, 0.25) is 0 Å². The Morgan fingerprint density at radius 2 is 2.04 bits per heavy atom. The molecule has 1 aliphatic carbocycles.